The number of amides is 1. The fourth-order valence-electron chi connectivity index (χ4n) is 1.36. The Morgan fingerprint density at radius 2 is 2.11 bits per heavy atom. The average Bonchev–Trinajstić information content (AvgIpc) is 2.88. The predicted octanol–water partition coefficient (Wildman–Crippen LogP) is 1.94. The molecule has 0 spiro atoms. The molecule has 6 heteroatoms. The second-order valence-electron chi connectivity index (χ2n) is 3.42. The number of anilines is 1. The number of methoxy groups -OCH3 is 2. The van der Waals surface area contributed by atoms with Gasteiger partial charge in [-0.15, -0.1) is 0 Å². The first-order valence-corrected chi connectivity index (χ1v) is 5.19. The number of benzene rings is 1. The number of carbonyl (C=O) groups excluding carboxylic acids is 1. The highest BCUT2D eigenvalue weighted by Crippen LogP contribution is 2.18. The van der Waals surface area contributed by atoms with Crippen molar-refractivity contribution in [3.05, 3.63) is 36.1 Å². The quantitative estimate of drug-likeness (QED) is 0.895. The van der Waals surface area contributed by atoms with Crippen LogP contribution in [0.5, 0.6) is 11.6 Å². The summed E-state index contributed by atoms with van der Waals surface area (Å²) in [5.41, 5.74) is 0.606. The normalized spacial score (nSPS) is 9.89. The Bertz CT molecular complexity index is 551. The molecule has 0 unspecified atom stereocenters. The lowest BCUT2D eigenvalue weighted by molar-refractivity contribution is 0.0987. The van der Waals surface area contributed by atoms with Crippen LogP contribution < -0.4 is 14.8 Å². The van der Waals surface area contributed by atoms with Gasteiger partial charge in [0, 0.05) is 11.8 Å². The molecule has 0 atom stereocenters. The number of aromatic nitrogens is 1. The molecule has 1 amide bonds. The van der Waals surface area contributed by atoms with Crippen LogP contribution in [0, 0.1) is 0 Å². The maximum absolute atomic E-state index is 11.8. The minimum absolute atomic E-state index is 0.0784. The van der Waals surface area contributed by atoms with Gasteiger partial charge in [-0.3, -0.25) is 4.79 Å². The zero-order valence-corrected chi connectivity index (χ0v) is 9.97. The van der Waals surface area contributed by atoms with Gasteiger partial charge in [-0.25, -0.2) is 0 Å². The van der Waals surface area contributed by atoms with Crippen molar-refractivity contribution in [2.45, 2.75) is 0 Å². The van der Waals surface area contributed by atoms with Crippen molar-refractivity contribution in [2.75, 3.05) is 19.5 Å². The molecular weight excluding hydrogens is 236 g/mol. The van der Waals surface area contributed by atoms with Crippen molar-refractivity contribution >= 4 is 11.6 Å². The first kappa shape index (κ1) is 12.0. The van der Waals surface area contributed by atoms with E-state index in [9.17, 15) is 4.79 Å². The summed E-state index contributed by atoms with van der Waals surface area (Å²) in [6.45, 7) is 0. The van der Waals surface area contributed by atoms with Crippen molar-refractivity contribution in [3.63, 3.8) is 0 Å². The molecule has 0 aliphatic rings. The van der Waals surface area contributed by atoms with Crippen LogP contribution in [0.1, 0.15) is 10.6 Å². The summed E-state index contributed by atoms with van der Waals surface area (Å²) in [5, 5.41) is 6.21. The zero-order valence-electron chi connectivity index (χ0n) is 9.97. The summed E-state index contributed by atoms with van der Waals surface area (Å²) < 4.78 is 14.7. The summed E-state index contributed by atoms with van der Waals surface area (Å²) in [7, 11) is 3.00. The lowest BCUT2D eigenvalue weighted by Crippen LogP contribution is -2.10. The highest BCUT2D eigenvalue weighted by atomic mass is 16.5. The van der Waals surface area contributed by atoms with Gasteiger partial charge in [-0.2, -0.15) is 0 Å². The maximum Gasteiger partial charge on any atom is 0.294 e. The molecule has 0 saturated heterocycles. The van der Waals surface area contributed by atoms with Crippen LogP contribution in [0.2, 0.25) is 0 Å². The van der Waals surface area contributed by atoms with E-state index >= 15 is 0 Å². The number of rotatable bonds is 4. The maximum atomic E-state index is 11.8. The molecule has 2 aromatic rings. The highest BCUT2D eigenvalue weighted by molar-refractivity contribution is 6.02. The van der Waals surface area contributed by atoms with Gasteiger partial charge in [0.25, 0.3) is 11.8 Å². The van der Waals surface area contributed by atoms with Crippen LogP contribution in [0.15, 0.2) is 34.9 Å². The fourth-order valence-corrected chi connectivity index (χ4v) is 1.36. The Labute approximate surface area is 103 Å². The van der Waals surface area contributed by atoms with E-state index in [4.69, 9.17) is 14.0 Å². The SMILES string of the molecule is COc1cccc(NC(=O)c2cc(OC)no2)c1. The Morgan fingerprint density at radius 1 is 1.28 bits per heavy atom. The zero-order chi connectivity index (χ0) is 13.0. The van der Waals surface area contributed by atoms with E-state index < -0.39 is 5.91 Å². The van der Waals surface area contributed by atoms with Crippen molar-refractivity contribution in [1.82, 2.24) is 5.16 Å². The van der Waals surface area contributed by atoms with Crippen LogP contribution in [-0.2, 0) is 0 Å². The summed E-state index contributed by atoms with van der Waals surface area (Å²) in [6.07, 6.45) is 0. The summed E-state index contributed by atoms with van der Waals surface area (Å²) in [4.78, 5) is 11.8. The molecule has 0 radical (unpaired) electrons. The lowest BCUT2D eigenvalue weighted by atomic mass is 10.3. The number of carbonyl (C=O) groups is 1. The van der Waals surface area contributed by atoms with Crippen molar-refractivity contribution in [3.8, 4) is 11.6 Å². The third kappa shape index (κ3) is 2.60. The summed E-state index contributed by atoms with van der Waals surface area (Å²) in [6, 6.07) is 8.41. The van der Waals surface area contributed by atoms with Gasteiger partial charge in [0.2, 0.25) is 5.76 Å². The molecular formula is C12H12N2O4. The first-order chi connectivity index (χ1) is 8.72. The van der Waals surface area contributed by atoms with Gasteiger partial charge >= 0.3 is 0 Å². The Balaban J connectivity index is 2.10. The molecule has 1 aromatic heterocycles. The van der Waals surface area contributed by atoms with Crippen LogP contribution in [0.3, 0.4) is 0 Å². The molecule has 0 saturated carbocycles. The van der Waals surface area contributed by atoms with Crippen molar-refractivity contribution in [1.29, 1.82) is 0 Å². The van der Waals surface area contributed by atoms with E-state index in [0.29, 0.717) is 11.4 Å². The van der Waals surface area contributed by atoms with Crippen molar-refractivity contribution in [2.24, 2.45) is 0 Å². The number of nitrogens with zero attached hydrogens (tertiary/aromatic N) is 1. The van der Waals surface area contributed by atoms with Crippen LogP contribution >= 0.6 is 0 Å². The van der Waals surface area contributed by atoms with Gasteiger partial charge in [-0.05, 0) is 17.3 Å². The van der Waals surface area contributed by atoms with Gasteiger partial charge in [0.1, 0.15) is 5.75 Å². The largest absolute Gasteiger partial charge is 0.497 e. The number of hydrogen-bond acceptors (Lipinski definition) is 5. The lowest BCUT2D eigenvalue weighted by Gasteiger charge is -2.04. The van der Waals surface area contributed by atoms with Gasteiger partial charge in [0.15, 0.2) is 0 Å². The number of hydrogen-bond donors (Lipinski definition) is 1. The molecule has 1 heterocycles. The molecule has 0 aliphatic carbocycles. The van der Waals surface area contributed by atoms with Crippen molar-refractivity contribution < 1.29 is 18.8 Å². The minimum atomic E-state index is -0.404. The molecule has 6 nitrogen and oxygen atoms in total. The second kappa shape index (κ2) is 5.22. The molecule has 0 bridgehead atoms. The fraction of sp³-hybridized carbons (Fsp3) is 0.167. The van der Waals surface area contributed by atoms with Crippen LogP contribution in [0.4, 0.5) is 5.69 Å². The molecule has 1 N–H and O–H groups in total. The van der Waals surface area contributed by atoms with Crippen LogP contribution in [0.25, 0.3) is 0 Å². The molecule has 0 fully saturated rings. The average molecular weight is 248 g/mol. The minimum Gasteiger partial charge on any atom is -0.497 e. The third-order valence-electron chi connectivity index (χ3n) is 2.25. The molecule has 0 aliphatic heterocycles. The Kier molecular flexibility index (Phi) is 3.47. The van der Waals surface area contributed by atoms with E-state index in [2.05, 4.69) is 10.5 Å². The summed E-state index contributed by atoms with van der Waals surface area (Å²) in [5.74, 6) is 0.586. The standard InChI is InChI=1S/C12H12N2O4/c1-16-9-5-3-4-8(6-9)13-12(15)10-7-11(17-2)14-18-10/h3-7H,1-2H3,(H,13,15). The van der Waals surface area contributed by atoms with E-state index in [0.717, 1.165) is 0 Å². The molecule has 18 heavy (non-hydrogen) atoms. The molecule has 94 valence electrons. The predicted molar refractivity (Wildman–Crippen MR) is 64.0 cm³/mol. The van der Waals surface area contributed by atoms with Gasteiger partial charge < -0.3 is 19.3 Å². The molecule has 2 rings (SSSR count). The van der Waals surface area contributed by atoms with Gasteiger partial charge in [0.05, 0.1) is 20.3 Å². The third-order valence-corrected chi connectivity index (χ3v) is 2.25. The van der Waals surface area contributed by atoms with E-state index in [1.165, 1.54) is 13.2 Å². The highest BCUT2D eigenvalue weighted by Gasteiger charge is 2.13. The topological polar surface area (TPSA) is 73.6 Å². The van der Waals surface area contributed by atoms with E-state index in [1.807, 2.05) is 0 Å². The monoisotopic (exact) mass is 248 g/mol. The van der Waals surface area contributed by atoms with E-state index in [1.54, 1.807) is 31.4 Å². The smallest absolute Gasteiger partial charge is 0.294 e. The summed E-state index contributed by atoms with van der Waals surface area (Å²) >= 11 is 0. The van der Waals surface area contributed by atoms with Gasteiger partial charge in [-0.1, -0.05) is 6.07 Å². The number of ether oxygens (including phenoxy) is 2. The Hall–Kier alpha value is -2.50. The number of nitrogens with one attached hydrogen (secondary N) is 1. The van der Waals surface area contributed by atoms with E-state index in [-0.39, 0.29) is 11.6 Å². The van der Waals surface area contributed by atoms with Crippen LogP contribution in [-0.4, -0.2) is 25.3 Å². The second-order valence-corrected chi connectivity index (χ2v) is 3.42. The first-order valence-electron chi connectivity index (χ1n) is 5.19. The Morgan fingerprint density at radius 3 is 2.78 bits per heavy atom. The molecule has 1 aromatic carbocycles.